The van der Waals surface area contributed by atoms with E-state index in [2.05, 4.69) is 0 Å². The van der Waals surface area contributed by atoms with E-state index in [1.165, 1.54) is 0 Å². The summed E-state index contributed by atoms with van der Waals surface area (Å²) in [5, 5.41) is 10.6. The van der Waals surface area contributed by atoms with Crippen LogP contribution in [0.3, 0.4) is 0 Å². The monoisotopic (exact) mass is 287 g/mol. The molecule has 0 fully saturated rings. The minimum absolute atomic E-state index is 0.172. The summed E-state index contributed by atoms with van der Waals surface area (Å²) >= 11 is 11.8. The van der Waals surface area contributed by atoms with Crippen molar-refractivity contribution in [3.63, 3.8) is 0 Å². The molecule has 0 atom stereocenters. The Kier molecular flexibility index (Phi) is 6.19. The third kappa shape index (κ3) is 5.08. The first-order valence-electron chi connectivity index (χ1n) is 5.72. The van der Waals surface area contributed by atoms with E-state index in [-0.39, 0.29) is 5.90 Å². The molecule has 98 valence electrons. The summed E-state index contributed by atoms with van der Waals surface area (Å²) in [6, 6.07) is 5.42. The van der Waals surface area contributed by atoms with Crippen LogP contribution >= 0.6 is 23.2 Å². The molecular formula is C13H17Cl2N2O+. The molecule has 0 saturated carbocycles. The number of allylic oxidation sites excluding steroid dienone is 1. The van der Waals surface area contributed by atoms with Gasteiger partial charge in [-0.05, 0) is 12.5 Å². The van der Waals surface area contributed by atoms with Crippen LogP contribution in [0, 0.1) is 5.41 Å². The summed E-state index contributed by atoms with van der Waals surface area (Å²) in [6.45, 7) is 4.48. The lowest BCUT2D eigenvalue weighted by atomic mass is 10.3. The van der Waals surface area contributed by atoms with Gasteiger partial charge in [0.15, 0.2) is 0 Å². The number of nitrogens with one attached hydrogen (secondary N) is 1. The zero-order valence-corrected chi connectivity index (χ0v) is 12.0. The second kappa shape index (κ2) is 7.41. The largest absolute Gasteiger partial charge is 0.478 e. The maximum Gasteiger partial charge on any atom is 0.211 e. The quantitative estimate of drug-likeness (QED) is 0.486. The minimum atomic E-state index is 0.172. The van der Waals surface area contributed by atoms with Gasteiger partial charge in [0.05, 0.1) is 22.7 Å². The molecule has 3 N–H and O–H groups in total. The Morgan fingerprint density at radius 1 is 1.39 bits per heavy atom. The molecule has 1 rings (SSSR count). The van der Waals surface area contributed by atoms with Crippen molar-refractivity contribution >= 4 is 34.8 Å². The highest BCUT2D eigenvalue weighted by atomic mass is 35.5. The van der Waals surface area contributed by atoms with E-state index in [1.807, 2.05) is 25.2 Å². The summed E-state index contributed by atoms with van der Waals surface area (Å²) < 4.78 is 5.18. The number of hydrogen-bond donors (Lipinski definition) is 2. The molecule has 0 spiro atoms. The smallest absolute Gasteiger partial charge is 0.211 e. The molecule has 0 saturated heterocycles. The van der Waals surface area contributed by atoms with Crippen molar-refractivity contribution in [3.05, 3.63) is 40.0 Å². The predicted molar refractivity (Wildman–Crippen MR) is 75.8 cm³/mol. The van der Waals surface area contributed by atoms with Crippen LogP contribution in [0.25, 0.3) is 0 Å². The van der Waals surface area contributed by atoms with Gasteiger partial charge in [-0.25, -0.2) is 0 Å². The summed E-state index contributed by atoms with van der Waals surface area (Å²) in [6.07, 6.45) is 2.57. The Morgan fingerprint density at radius 3 is 2.72 bits per heavy atom. The fourth-order valence-corrected chi connectivity index (χ4v) is 1.67. The third-order valence-electron chi connectivity index (χ3n) is 2.16. The van der Waals surface area contributed by atoms with Gasteiger partial charge in [0.2, 0.25) is 5.90 Å². The molecule has 0 aromatic heterocycles. The highest BCUT2D eigenvalue weighted by Crippen LogP contribution is 2.23. The van der Waals surface area contributed by atoms with E-state index < -0.39 is 0 Å². The van der Waals surface area contributed by atoms with Crippen LogP contribution in [0.2, 0.25) is 10.0 Å². The molecule has 18 heavy (non-hydrogen) atoms. The van der Waals surface area contributed by atoms with E-state index in [0.29, 0.717) is 16.7 Å². The molecule has 0 aliphatic heterocycles. The summed E-state index contributed by atoms with van der Waals surface area (Å²) in [5.41, 5.74) is 1.87. The standard InChI is InChI=1S/C13H16Cl2N2O/c1-3-6-18-13(16)7-9(2)17-10-4-5-11(14)12(15)8-10/h4-5,7-8,16-17H,3,6H2,1-2H3/p+1/b9-7-,16-13?. The predicted octanol–water partition coefficient (Wildman–Crippen LogP) is 3.50. The van der Waals surface area contributed by atoms with Crippen molar-refractivity contribution in [2.75, 3.05) is 6.61 Å². The Morgan fingerprint density at radius 2 is 2.11 bits per heavy atom. The van der Waals surface area contributed by atoms with Gasteiger partial charge in [-0.3, -0.25) is 10.7 Å². The van der Waals surface area contributed by atoms with Crippen molar-refractivity contribution < 1.29 is 10.1 Å². The maximum absolute atomic E-state index is 7.60. The number of quaternary nitrogens is 1. The molecule has 0 radical (unpaired) electrons. The van der Waals surface area contributed by atoms with Crippen LogP contribution in [0.4, 0.5) is 5.69 Å². The zero-order valence-electron chi connectivity index (χ0n) is 10.5. The van der Waals surface area contributed by atoms with Crippen LogP contribution in [0.1, 0.15) is 20.3 Å². The Labute approximate surface area is 117 Å². The molecule has 0 aliphatic rings. The van der Waals surface area contributed by atoms with Gasteiger partial charge in [-0.15, -0.1) is 0 Å². The number of rotatable bonds is 5. The van der Waals surface area contributed by atoms with Crippen LogP contribution in [0.15, 0.2) is 30.0 Å². The lowest BCUT2D eigenvalue weighted by Gasteiger charge is -2.04. The number of halogens is 2. The number of hydrogen-bond acceptors (Lipinski definition) is 2. The molecule has 0 unspecified atom stereocenters. The van der Waals surface area contributed by atoms with Gasteiger partial charge in [-0.1, -0.05) is 30.1 Å². The fraction of sp³-hybridized carbons (Fsp3) is 0.308. The molecule has 1 aromatic rings. The van der Waals surface area contributed by atoms with Gasteiger partial charge in [0.25, 0.3) is 0 Å². The van der Waals surface area contributed by atoms with Gasteiger partial charge in [-0.2, -0.15) is 0 Å². The first-order valence-corrected chi connectivity index (χ1v) is 6.48. The van der Waals surface area contributed by atoms with Crippen LogP contribution in [-0.4, -0.2) is 12.5 Å². The summed E-state index contributed by atoms with van der Waals surface area (Å²) in [4.78, 5) is 0. The van der Waals surface area contributed by atoms with Crippen molar-refractivity contribution in [1.82, 2.24) is 0 Å². The molecule has 0 amide bonds. The van der Waals surface area contributed by atoms with E-state index in [1.54, 1.807) is 18.2 Å². The highest BCUT2D eigenvalue weighted by Gasteiger charge is 2.04. The van der Waals surface area contributed by atoms with Crippen molar-refractivity contribution in [2.45, 2.75) is 20.3 Å². The summed E-state index contributed by atoms with van der Waals surface area (Å²) in [5.74, 6) is 0.172. The van der Waals surface area contributed by atoms with Gasteiger partial charge in [0.1, 0.15) is 11.4 Å². The van der Waals surface area contributed by atoms with Crippen LogP contribution in [-0.2, 0) is 4.74 Å². The average Bonchev–Trinajstić information content (AvgIpc) is 2.31. The van der Waals surface area contributed by atoms with E-state index >= 15 is 0 Å². The first-order chi connectivity index (χ1) is 8.52. The molecule has 5 heteroatoms. The molecular weight excluding hydrogens is 271 g/mol. The first kappa shape index (κ1) is 15.0. The van der Waals surface area contributed by atoms with Crippen molar-refractivity contribution in [1.29, 1.82) is 5.41 Å². The van der Waals surface area contributed by atoms with Crippen LogP contribution in [0.5, 0.6) is 0 Å². The Hall–Kier alpha value is -1.03. The molecule has 0 bridgehead atoms. The molecule has 3 nitrogen and oxygen atoms in total. The molecule has 0 aliphatic carbocycles. The highest BCUT2D eigenvalue weighted by molar-refractivity contribution is 6.42. The molecule has 0 heterocycles. The van der Waals surface area contributed by atoms with E-state index in [9.17, 15) is 0 Å². The normalized spacial score (nSPS) is 11.4. The van der Waals surface area contributed by atoms with E-state index in [4.69, 9.17) is 33.3 Å². The van der Waals surface area contributed by atoms with Crippen molar-refractivity contribution in [3.8, 4) is 0 Å². The van der Waals surface area contributed by atoms with Crippen molar-refractivity contribution in [2.24, 2.45) is 0 Å². The van der Waals surface area contributed by atoms with Crippen LogP contribution < -0.4 is 5.32 Å². The molecule has 1 aromatic carbocycles. The Balaban J connectivity index is 2.63. The maximum atomic E-state index is 7.60. The second-order valence-corrected chi connectivity index (χ2v) is 4.73. The number of benzene rings is 1. The average molecular weight is 288 g/mol. The number of ether oxygens (including phenoxy) is 1. The zero-order chi connectivity index (χ0) is 13.5. The lowest BCUT2D eigenvalue weighted by Crippen LogP contribution is -2.75. The van der Waals surface area contributed by atoms with Gasteiger partial charge in [0, 0.05) is 19.1 Å². The SMILES string of the molecule is CCCOC(=N)/C=C(/C)[NH2+]c1ccc(Cl)c(Cl)c1. The van der Waals surface area contributed by atoms with Gasteiger partial charge < -0.3 is 4.74 Å². The van der Waals surface area contributed by atoms with Gasteiger partial charge >= 0.3 is 0 Å². The minimum Gasteiger partial charge on any atom is -0.478 e. The second-order valence-electron chi connectivity index (χ2n) is 3.92. The topological polar surface area (TPSA) is 49.7 Å². The fourth-order valence-electron chi connectivity index (χ4n) is 1.37. The lowest BCUT2D eigenvalue weighted by molar-refractivity contribution is -0.517. The van der Waals surface area contributed by atoms with E-state index in [0.717, 1.165) is 17.8 Å². The summed E-state index contributed by atoms with van der Waals surface area (Å²) in [7, 11) is 0. The number of nitrogens with two attached hydrogens (primary N) is 1. The Bertz CT molecular complexity index is 458. The third-order valence-corrected chi connectivity index (χ3v) is 2.90.